The molecule has 0 N–H and O–H groups in total. The molecule has 0 amide bonds. The molecule has 0 unspecified atom stereocenters. The molecule has 2 rings (SSSR count). The fourth-order valence-corrected chi connectivity index (χ4v) is 1.47. The largest absolute Gasteiger partial charge is 0.317 e. The van der Waals surface area contributed by atoms with Crippen molar-refractivity contribution >= 4 is 15.9 Å². The highest BCUT2D eigenvalue weighted by Gasteiger charge is 2.11. The van der Waals surface area contributed by atoms with Crippen molar-refractivity contribution in [2.45, 2.75) is 13.8 Å². The summed E-state index contributed by atoms with van der Waals surface area (Å²) in [4.78, 5) is 0. The minimum Gasteiger partial charge on any atom is -0.317 e. The van der Waals surface area contributed by atoms with Crippen LogP contribution in [-0.4, -0.2) is 24.5 Å². The highest BCUT2D eigenvalue weighted by atomic mass is 79.9. The normalized spacial score (nSPS) is 9.67. The topological polar surface area (TPSA) is 48.5 Å². The monoisotopic (exact) mass is 271 g/mol. The molecule has 0 aliphatic carbocycles. The van der Waals surface area contributed by atoms with E-state index >= 15 is 0 Å². The summed E-state index contributed by atoms with van der Waals surface area (Å²) in [6, 6.07) is 0. The van der Waals surface area contributed by atoms with Crippen molar-refractivity contribution in [1.29, 1.82) is 0 Å². The Morgan fingerprint density at radius 3 is 2.33 bits per heavy atom. The Hall–Kier alpha value is -1.17. The van der Waals surface area contributed by atoms with Crippen LogP contribution in [0.15, 0.2) is 17.1 Å². The quantitative estimate of drug-likeness (QED) is 0.797. The Morgan fingerprint density at radius 1 is 1.27 bits per heavy atom. The first-order valence-corrected chi connectivity index (χ1v) is 5.51. The van der Waals surface area contributed by atoms with Crippen LogP contribution in [0.5, 0.6) is 0 Å². The van der Waals surface area contributed by atoms with Crippen LogP contribution in [0.1, 0.15) is 13.8 Å². The van der Waals surface area contributed by atoms with Gasteiger partial charge in [0.05, 0.1) is 11.8 Å². The third-order valence-electron chi connectivity index (χ3n) is 1.82. The van der Waals surface area contributed by atoms with Gasteiger partial charge in [0.15, 0.2) is 5.82 Å². The fourth-order valence-electron chi connectivity index (χ4n) is 1.10. The van der Waals surface area contributed by atoms with Crippen LogP contribution in [-0.2, 0) is 14.1 Å². The molecule has 2 aromatic heterocycles. The lowest BCUT2D eigenvalue weighted by atomic mass is 10.3. The lowest BCUT2D eigenvalue weighted by Gasteiger charge is -1.97. The van der Waals surface area contributed by atoms with E-state index in [9.17, 15) is 0 Å². The zero-order valence-electron chi connectivity index (χ0n) is 9.27. The van der Waals surface area contributed by atoms with Crippen molar-refractivity contribution in [3.63, 3.8) is 0 Å². The van der Waals surface area contributed by atoms with Crippen LogP contribution in [0.4, 0.5) is 0 Å². The van der Waals surface area contributed by atoms with Gasteiger partial charge < -0.3 is 4.57 Å². The molecular weight excluding hydrogens is 258 g/mol. The number of hydrogen-bond donors (Lipinski definition) is 0. The highest BCUT2D eigenvalue weighted by Crippen LogP contribution is 2.24. The molecule has 2 aromatic rings. The van der Waals surface area contributed by atoms with Crippen molar-refractivity contribution < 1.29 is 0 Å². The molecule has 0 bridgehead atoms. The second-order valence-electron chi connectivity index (χ2n) is 2.74. The molecule has 0 aromatic carbocycles. The minimum absolute atomic E-state index is 0.806. The van der Waals surface area contributed by atoms with Gasteiger partial charge in [0.1, 0.15) is 10.9 Å². The number of aryl methyl sites for hydroxylation is 2. The molecule has 0 saturated carbocycles. The van der Waals surface area contributed by atoms with Crippen LogP contribution in [0, 0.1) is 0 Å². The minimum atomic E-state index is 0.806. The van der Waals surface area contributed by atoms with Crippen molar-refractivity contribution in [3.8, 4) is 11.4 Å². The average Bonchev–Trinajstić information content (AvgIpc) is 2.79. The van der Waals surface area contributed by atoms with E-state index in [2.05, 4.69) is 31.2 Å². The lowest BCUT2D eigenvalue weighted by molar-refractivity contribution is 0.749. The van der Waals surface area contributed by atoms with Crippen LogP contribution in [0.2, 0.25) is 0 Å². The number of halogens is 1. The summed E-state index contributed by atoms with van der Waals surface area (Å²) in [5.74, 6) is 0.806. The van der Waals surface area contributed by atoms with Gasteiger partial charge in [-0.25, -0.2) is 0 Å². The van der Waals surface area contributed by atoms with Gasteiger partial charge in [-0.1, -0.05) is 13.8 Å². The molecule has 0 radical (unpaired) electrons. The number of nitrogens with zero attached hydrogens (tertiary/aromatic N) is 5. The zero-order chi connectivity index (χ0) is 11.4. The van der Waals surface area contributed by atoms with Gasteiger partial charge in [-0.3, -0.25) is 4.68 Å². The number of hydrogen-bond acceptors (Lipinski definition) is 3. The average molecular weight is 272 g/mol. The Morgan fingerprint density at radius 2 is 1.93 bits per heavy atom. The Kier molecular flexibility index (Phi) is 4.02. The molecule has 0 atom stereocenters. The lowest BCUT2D eigenvalue weighted by Crippen LogP contribution is -1.92. The SMILES string of the molecule is CC.Cn1cnnc1-c1cnn(C)c1Br. The van der Waals surface area contributed by atoms with Crippen LogP contribution >= 0.6 is 15.9 Å². The molecule has 0 saturated heterocycles. The van der Waals surface area contributed by atoms with E-state index in [1.165, 1.54) is 0 Å². The third kappa shape index (κ3) is 2.26. The van der Waals surface area contributed by atoms with E-state index < -0.39 is 0 Å². The van der Waals surface area contributed by atoms with Crippen LogP contribution in [0.3, 0.4) is 0 Å². The first-order valence-electron chi connectivity index (χ1n) is 4.72. The summed E-state index contributed by atoms with van der Waals surface area (Å²) in [6.45, 7) is 4.00. The number of aromatic nitrogens is 5. The van der Waals surface area contributed by atoms with Crippen molar-refractivity contribution in [3.05, 3.63) is 17.1 Å². The standard InChI is InChI=1S/C7H8BrN5.C2H6/c1-12-4-9-11-7(12)5-3-10-13(2)6(5)8;1-2/h3-4H,1-2H3;1-2H3. The van der Waals surface area contributed by atoms with Gasteiger partial charge in [0.25, 0.3) is 0 Å². The van der Waals surface area contributed by atoms with Crippen LogP contribution in [0.25, 0.3) is 11.4 Å². The Bertz CT molecular complexity index is 431. The van der Waals surface area contributed by atoms with Gasteiger partial charge in [0, 0.05) is 14.1 Å². The molecule has 0 aliphatic rings. The molecule has 0 aliphatic heterocycles. The summed E-state index contributed by atoms with van der Waals surface area (Å²) in [7, 11) is 3.76. The van der Waals surface area contributed by atoms with Crippen LogP contribution < -0.4 is 0 Å². The second-order valence-corrected chi connectivity index (χ2v) is 3.49. The molecule has 6 heteroatoms. The van der Waals surface area contributed by atoms with Crippen molar-refractivity contribution in [1.82, 2.24) is 24.5 Å². The maximum atomic E-state index is 4.10. The van der Waals surface area contributed by atoms with E-state index in [1.54, 1.807) is 17.2 Å². The number of rotatable bonds is 1. The molecule has 5 nitrogen and oxygen atoms in total. The summed E-state index contributed by atoms with van der Waals surface area (Å²) in [5, 5.41) is 11.9. The summed E-state index contributed by atoms with van der Waals surface area (Å²) < 4.78 is 4.50. The van der Waals surface area contributed by atoms with E-state index in [4.69, 9.17) is 0 Å². The molecule has 0 spiro atoms. The van der Waals surface area contributed by atoms with E-state index in [1.807, 2.05) is 32.5 Å². The summed E-state index contributed by atoms with van der Waals surface area (Å²) in [5.41, 5.74) is 0.947. The molecule has 2 heterocycles. The highest BCUT2D eigenvalue weighted by molar-refractivity contribution is 9.10. The van der Waals surface area contributed by atoms with Crippen molar-refractivity contribution in [2.24, 2.45) is 14.1 Å². The van der Waals surface area contributed by atoms with Crippen molar-refractivity contribution in [2.75, 3.05) is 0 Å². The zero-order valence-corrected chi connectivity index (χ0v) is 10.9. The maximum Gasteiger partial charge on any atom is 0.167 e. The second kappa shape index (κ2) is 5.06. The fraction of sp³-hybridized carbons (Fsp3) is 0.444. The van der Waals surface area contributed by atoms with Gasteiger partial charge in [-0.05, 0) is 15.9 Å². The maximum absolute atomic E-state index is 4.10. The molecule has 15 heavy (non-hydrogen) atoms. The van der Waals surface area contributed by atoms with Gasteiger partial charge in [-0.15, -0.1) is 10.2 Å². The Balaban J connectivity index is 0.000000531. The van der Waals surface area contributed by atoms with E-state index in [0.717, 1.165) is 16.0 Å². The summed E-state index contributed by atoms with van der Waals surface area (Å²) in [6.07, 6.45) is 3.42. The van der Waals surface area contributed by atoms with E-state index in [0.29, 0.717) is 0 Å². The first kappa shape index (κ1) is 11.9. The predicted molar refractivity (Wildman–Crippen MR) is 62.3 cm³/mol. The van der Waals surface area contributed by atoms with E-state index in [-0.39, 0.29) is 0 Å². The van der Waals surface area contributed by atoms with Gasteiger partial charge in [-0.2, -0.15) is 5.10 Å². The van der Waals surface area contributed by atoms with Gasteiger partial charge in [0.2, 0.25) is 0 Å². The molecule has 82 valence electrons. The predicted octanol–water partition coefficient (Wildman–Crippen LogP) is 2.00. The molecular formula is C9H14BrN5. The summed E-state index contributed by atoms with van der Waals surface area (Å²) >= 11 is 3.43. The molecule has 0 fully saturated rings. The first-order chi connectivity index (χ1) is 7.20. The Labute approximate surface area is 97.3 Å². The van der Waals surface area contributed by atoms with Gasteiger partial charge >= 0.3 is 0 Å². The smallest absolute Gasteiger partial charge is 0.167 e. The third-order valence-corrected chi connectivity index (χ3v) is 2.76.